The van der Waals surface area contributed by atoms with Crippen LogP contribution >= 0.6 is 12.2 Å². The van der Waals surface area contributed by atoms with E-state index < -0.39 is 0 Å². The lowest BCUT2D eigenvalue weighted by molar-refractivity contribution is 0.846. The monoisotopic (exact) mass is 209 g/mol. The minimum absolute atomic E-state index is 0.630. The molecule has 0 bridgehead atoms. The van der Waals surface area contributed by atoms with Crippen LogP contribution in [0.15, 0.2) is 18.2 Å². The molecule has 0 aliphatic heterocycles. The fourth-order valence-corrected chi connectivity index (χ4v) is 1.22. The number of aryl methyl sites for hydroxylation is 1. The highest BCUT2D eigenvalue weighted by atomic mass is 32.1. The largest absolute Gasteiger partial charge is 0.362 e. The highest BCUT2D eigenvalue weighted by molar-refractivity contribution is 7.80. The number of aromatic nitrogens is 1. The summed E-state index contributed by atoms with van der Waals surface area (Å²) in [6.45, 7) is 4.94. The molecule has 76 valence electrons. The summed E-state index contributed by atoms with van der Waals surface area (Å²) in [6, 6.07) is 5.80. The molecular weight excluding hydrogens is 194 g/mol. The molecule has 3 nitrogen and oxygen atoms in total. The molecule has 1 aromatic rings. The van der Waals surface area contributed by atoms with Crippen LogP contribution in [0, 0.1) is 6.92 Å². The van der Waals surface area contributed by atoms with Gasteiger partial charge in [-0.1, -0.05) is 13.0 Å². The summed E-state index contributed by atoms with van der Waals surface area (Å²) in [7, 11) is 0. The minimum atomic E-state index is 0.630. The lowest BCUT2D eigenvalue weighted by Crippen LogP contribution is -2.29. The van der Waals surface area contributed by atoms with Crippen LogP contribution < -0.4 is 10.6 Å². The standard InChI is InChI=1S/C10H15N3S/c1-3-7-11-10(14)13-9-6-4-5-8(2)12-9/h4-6H,3,7H2,1-2H3,(H2,11,12,13,14). The molecular formula is C10H15N3S. The number of thiocarbonyl (C=S) groups is 1. The quantitative estimate of drug-likeness (QED) is 0.747. The second kappa shape index (κ2) is 5.54. The molecule has 0 saturated heterocycles. The van der Waals surface area contributed by atoms with Crippen molar-refractivity contribution in [2.24, 2.45) is 0 Å². The van der Waals surface area contributed by atoms with Gasteiger partial charge in [-0.05, 0) is 37.7 Å². The van der Waals surface area contributed by atoms with Crippen LogP contribution in [0.2, 0.25) is 0 Å². The Morgan fingerprint density at radius 2 is 2.29 bits per heavy atom. The molecule has 0 atom stereocenters. The third-order valence-electron chi connectivity index (χ3n) is 1.67. The Balaban J connectivity index is 2.47. The van der Waals surface area contributed by atoms with Gasteiger partial charge in [0.05, 0.1) is 0 Å². The molecule has 0 fully saturated rings. The normalized spacial score (nSPS) is 9.57. The first-order chi connectivity index (χ1) is 6.72. The molecule has 2 N–H and O–H groups in total. The number of nitrogens with zero attached hydrogens (tertiary/aromatic N) is 1. The molecule has 0 aliphatic rings. The smallest absolute Gasteiger partial charge is 0.171 e. The summed E-state index contributed by atoms with van der Waals surface area (Å²) < 4.78 is 0. The van der Waals surface area contributed by atoms with Crippen molar-refractivity contribution in [1.82, 2.24) is 10.3 Å². The maximum atomic E-state index is 5.08. The third kappa shape index (κ3) is 3.70. The minimum Gasteiger partial charge on any atom is -0.362 e. The first-order valence-corrected chi connectivity index (χ1v) is 5.11. The van der Waals surface area contributed by atoms with Gasteiger partial charge in [0, 0.05) is 12.2 Å². The van der Waals surface area contributed by atoms with Crippen molar-refractivity contribution in [3.05, 3.63) is 23.9 Å². The molecule has 0 saturated carbocycles. The molecule has 0 aromatic carbocycles. The van der Waals surface area contributed by atoms with Gasteiger partial charge in [-0.25, -0.2) is 4.98 Å². The molecule has 0 unspecified atom stereocenters. The van der Waals surface area contributed by atoms with Crippen molar-refractivity contribution in [1.29, 1.82) is 0 Å². The Morgan fingerprint density at radius 1 is 1.50 bits per heavy atom. The lowest BCUT2D eigenvalue weighted by Gasteiger charge is -2.08. The highest BCUT2D eigenvalue weighted by Crippen LogP contribution is 2.03. The van der Waals surface area contributed by atoms with Crippen LogP contribution in [0.5, 0.6) is 0 Å². The van der Waals surface area contributed by atoms with Gasteiger partial charge in [-0.3, -0.25) is 0 Å². The maximum absolute atomic E-state index is 5.08. The van der Waals surface area contributed by atoms with Crippen molar-refractivity contribution >= 4 is 23.1 Å². The van der Waals surface area contributed by atoms with Crippen LogP contribution in [-0.2, 0) is 0 Å². The van der Waals surface area contributed by atoms with E-state index in [1.807, 2.05) is 25.1 Å². The van der Waals surface area contributed by atoms with Crippen molar-refractivity contribution < 1.29 is 0 Å². The fourth-order valence-electron chi connectivity index (χ4n) is 1.01. The summed E-state index contributed by atoms with van der Waals surface area (Å²) in [5, 5.41) is 6.74. The molecule has 0 radical (unpaired) electrons. The highest BCUT2D eigenvalue weighted by Gasteiger charge is 1.96. The first-order valence-electron chi connectivity index (χ1n) is 4.71. The molecule has 0 aliphatic carbocycles. The summed E-state index contributed by atoms with van der Waals surface area (Å²) >= 11 is 5.08. The number of pyridine rings is 1. The summed E-state index contributed by atoms with van der Waals surface area (Å²) in [5.41, 5.74) is 0.980. The molecule has 0 amide bonds. The molecule has 1 aromatic heterocycles. The second-order valence-electron chi connectivity index (χ2n) is 3.05. The molecule has 4 heteroatoms. The van der Waals surface area contributed by atoms with Gasteiger partial charge < -0.3 is 10.6 Å². The molecule has 14 heavy (non-hydrogen) atoms. The summed E-state index contributed by atoms with van der Waals surface area (Å²) in [4.78, 5) is 4.28. The Hall–Kier alpha value is -1.16. The number of hydrogen-bond donors (Lipinski definition) is 2. The van der Waals surface area contributed by atoms with E-state index >= 15 is 0 Å². The van der Waals surface area contributed by atoms with Crippen LogP contribution in [0.25, 0.3) is 0 Å². The Bertz CT molecular complexity index is 312. The van der Waals surface area contributed by atoms with Crippen molar-refractivity contribution in [2.45, 2.75) is 20.3 Å². The average Bonchev–Trinajstić information content (AvgIpc) is 2.15. The number of nitrogens with one attached hydrogen (secondary N) is 2. The molecule has 1 rings (SSSR count). The van der Waals surface area contributed by atoms with Gasteiger partial charge in [0.15, 0.2) is 5.11 Å². The Morgan fingerprint density at radius 3 is 2.93 bits per heavy atom. The maximum Gasteiger partial charge on any atom is 0.171 e. The van der Waals surface area contributed by atoms with E-state index in [-0.39, 0.29) is 0 Å². The SMILES string of the molecule is CCCNC(=S)Nc1cccc(C)n1. The van der Waals surface area contributed by atoms with E-state index in [1.54, 1.807) is 0 Å². The molecule has 1 heterocycles. The Labute approximate surface area is 89.9 Å². The van der Waals surface area contributed by atoms with E-state index in [0.717, 1.165) is 24.5 Å². The zero-order valence-electron chi connectivity index (χ0n) is 8.50. The fraction of sp³-hybridized carbons (Fsp3) is 0.400. The topological polar surface area (TPSA) is 37.0 Å². The van der Waals surface area contributed by atoms with E-state index in [4.69, 9.17) is 12.2 Å². The molecule has 0 spiro atoms. The zero-order chi connectivity index (χ0) is 10.4. The van der Waals surface area contributed by atoms with Gasteiger partial charge in [0.2, 0.25) is 0 Å². The average molecular weight is 209 g/mol. The van der Waals surface area contributed by atoms with Crippen LogP contribution in [-0.4, -0.2) is 16.6 Å². The lowest BCUT2D eigenvalue weighted by atomic mass is 10.4. The number of hydrogen-bond acceptors (Lipinski definition) is 2. The van der Waals surface area contributed by atoms with Crippen molar-refractivity contribution in [2.75, 3.05) is 11.9 Å². The Kier molecular flexibility index (Phi) is 4.32. The van der Waals surface area contributed by atoms with Gasteiger partial charge in [0.1, 0.15) is 5.82 Å². The summed E-state index contributed by atoms with van der Waals surface area (Å²) in [5.74, 6) is 0.790. The van der Waals surface area contributed by atoms with Crippen molar-refractivity contribution in [3.63, 3.8) is 0 Å². The van der Waals surface area contributed by atoms with Gasteiger partial charge in [0.25, 0.3) is 0 Å². The van der Waals surface area contributed by atoms with Crippen LogP contribution in [0.1, 0.15) is 19.0 Å². The third-order valence-corrected chi connectivity index (χ3v) is 1.91. The van der Waals surface area contributed by atoms with Crippen molar-refractivity contribution in [3.8, 4) is 0 Å². The van der Waals surface area contributed by atoms with E-state index in [0.29, 0.717) is 5.11 Å². The van der Waals surface area contributed by atoms with Crippen LogP contribution in [0.3, 0.4) is 0 Å². The van der Waals surface area contributed by atoms with E-state index in [1.165, 1.54) is 0 Å². The van der Waals surface area contributed by atoms with E-state index in [2.05, 4.69) is 22.5 Å². The predicted molar refractivity (Wildman–Crippen MR) is 63.5 cm³/mol. The number of rotatable bonds is 3. The van der Waals surface area contributed by atoms with Gasteiger partial charge >= 0.3 is 0 Å². The van der Waals surface area contributed by atoms with E-state index in [9.17, 15) is 0 Å². The van der Waals surface area contributed by atoms with Crippen LogP contribution in [0.4, 0.5) is 5.82 Å². The zero-order valence-corrected chi connectivity index (χ0v) is 9.32. The van der Waals surface area contributed by atoms with Gasteiger partial charge in [-0.15, -0.1) is 0 Å². The van der Waals surface area contributed by atoms with Gasteiger partial charge in [-0.2, -0.15) is 0 Å². The summed E-state index contributed by atoms with van der Waals surface area (Å²) in [6.07, 6.45) is 1.06. The first kappa shape index (κ1) is 10.9. The second-order valence-corrected chi connectivity index (χ2v) is 3.45. The predicted octanol–water partition coefficient (Wildman–Crippen LogP) is 2.09. The number of anilines is 1.